The molecule has 7 heteroatoms. The van der Waals surface area contributed by atoms with E-state index in [4.69, 9.17) is 4.74 Å². The second kappa shape index (κ2) is 8.70. The first-order valence-electron chi connectivity index (χ1n) is 9.27. The van der Waals surface area contributed by atoms with Crippen LogP contribution in [0.15, 0.2) is 36.5 Å². The highest BCUT2D eigenvalue weighted by atomic mass is 16.5. The van der Waals surface area contributed by atoms with Crippen LogP contribution in [0.25, 0.3) is 0 Å². The third-order valence-corrected chi connectivity index (χ3v) is 4.83. The van der Waals surface area contributed by atoms with Gasteiger partial charge in [-0.1, -0.05) is 6.07 Å². The largest absolute Gasteiger partial charge is 0.497 e. The first-order chi connectivity index (χ1) is 13.0. The van der Waals surface area contributed by atoms with E-state index in [9.17, 15) is 4.79 Å². The number of anilines is 2. The Morgan fingerprint density at radius 2 is 1.89 bits per heavy atom. The lowest BCUT2D eigenvalue weighted by molar-refractivity contribution is 0.0926. The van der Waals surface area contributed by atoms with Gasteiger partial charge in [-0.25, -0.2) is 4.98 Å². The summed E-state index contributed by atoms with van der Waals surface area (Å²) < 4.78 is 5.19. The van der Waals surface area contributed by atoms with Crippen LogP contribution < -0.4 is 20.3 Å². The molecule has 0 bridgehead atoms. The van der Waals surface area contributed by atoms with Crippen molar-refractivity contribution in [2.75, 3.05) is 31.4 Å². The Balaban J connectivity index is 1.50. The Bertz CT molecular complexity index is 772. The number of benzene rings is 1. The van der Waals surface area contributed by atoms with Crippen molar-refractivity contribution in [3.63, 3.8) is 0 Å². The number of nitrogens with one attached hydrogen (secondary N) is 2. The number of amides is 1. The van der Waals surface area contributed by atoms with Gasteiger partial charge in [0, 0.05) is 37.9 Å². The summed E-state index contributed by atoms with van der Waals surface area (Å²) in [5, 5.41) is 6.55. The van der Waals surface area contributed by atoms with Crippen LogP contribution in [-0.4, -0.2) is 49.2 Å². The number of carbonyl (C=O) groups is 1. The van der Waals surface area contributed by atoms with E-state index in [1.165, 1.54) is 0 Å². The van der Waals surface area contributed by atoms with Crippen molar-refractivity contribution in [3.05, 3.63) is 42.1 Å². The molecule has 7 nitrogen and oxygen atoms in total. The number of aromatic nitrogens is 2. The van der Waals surface area contributed by atoms with Gasteiger partial charge in [-0.05, 0) is 49.9 Å². The van der Waals surface area contributed by atoms with Crippen LogP contribution in [0.1, 0.15) is 36.0 Å². The van der Waals surface area contributed by atoms with E-state index in [2.05, 4.69) is 20.6 Å². The lowest BCUT2D eigenvalue weighted by Gasteiger charge is -2.29. The molecule has 3 rings (SSSR count). The number of hydrogen-bond donors (Lipinski definition) is 2. The van der Waals surface area contributed by atoms with Gasteiger partial charge in [0.2, 0.25) is 5.95 Å². The molecule has 0 saturated heterocycles. The fourth-order valence-corrected chi connectivity index (χ4v) is 3.27. The van der Waals surface area contributed by atoms with Crippen LogP contribution in [0.3, 0.4) is 0 Å². The van der Waals surface area contributed by atoms with Gasteiger partial charge in [0.25, 0.3) is 5.91 Å². The Kier molecular flexibility index (Phi) is 6.11. The van der Waals surface area contributed by atoms with E-state index in [1.54, 1.807) is 25.4 Å². The van der Waals surface area contributed by atoms with Crippen LogP contribution in [0, 0.1) is 0 Å². The summed E-state index contributed by atoms with van der Waals surface area (Å²) >= 11 is 0. The number of carbonyl (C=O) groups excluding carboxylic acids is 1. The second-order valence-electron chi connectivity index (χ2n) is 7.03. The highest BCUT2D eigenvalue weighted by Gasteiger charge is 2.23. The van der Waals surface area contributed by atoms with Crippen LogP contribution in [0.5, 0.6) is 5.75 Å². The molecule has 2 aromatic rings. The summed E-state index contributed by atoms with van der Waals surface area (Å²) in [7, 11) is 5.52. The molecule has 0 atom stereocenters. The maximum absolute atomic E-state index is 12.4. The molecule has 1 heterocycles. The van der Waals surface area contributed by atoms with Crippen molar-refractivity contribution in [1.29, 1.82) is 0 Å². The molecule has 1 aromatic carbocycles. The Morgan fingerprint density at radius 1 is 1.15 bits per heavy atom. The van der Waals surface area contributed by atoms with Crippen molar-refractivity contribution in [3.8, 4) is 5.75 Å². The summed E-state index contributed by atoms with van der Waals surface area (Å²) in [6.45, 7) is 0. The van der Waals surface area contributed by atoms with Crippen molar-refractivity contribution in [1.82, 2.24) is 15.3 Å². The van der Waals surface area contributed by atoms with Gasteiger partial charge in [-0.3, -0.25) is 4.79 Å². The molecular formula is C20H27N5O2. The van der Waals surface area contributed by atoms with E-state index in [0.717, 1.165) is 31.5 Å². The Morgan fingerprint density at radius 3 is 2.59 bits per heavy atom. The first-order valence-corrected chi connectivity index (χ1v) is 9.27. The summed E-state index contributed by atoms with van der Waals surface area (Å²) in [6.07, 6.45) is 5.57. The smallest absolute Gasteiger partial charge is 0.251 e. The maximum atomic E-state index is 12.4. The van der Waals surface area contributed by atoms with Crippen molar-refractivity contribution in [2.24, 2.45) is 0 Å². The maximum Gasteiger partial charge on any atom is 0.251 e. The quantitative estimate of drug-likeness (QED) is 0.815. The average molecular weight is 369 g/mol. The zero-order valence-corrected chi connectivity index (χ0v) is 16.1. The molecule has 1 aliphatic rings. The minimum Gasteiger partial charge on any atom is -0.497 e. The van der Waals surface area contributed by atoms with Gasteiger partial charge in [-0.15, -0.1) is 0 Å². The molecule has 2 N–H and O–H groups in total. The summed E-state index contributed by atoms with van der Waals surface area (Å²) in [5.41, 5.74) is 0.628. The van der Waals surface area contributed by atoms with Crippen LogP contribution in [-0.2, 0) is 0 Å². The molecule has 0 unspecified atom stereocenters. The number of nitrogens with zero attached hydrogens (tertiary/aromatic N) is 3. The van der Waals surface area contributed by atoms with Crippen LogP contribution in [0.4, 0.5) is 11.8 Å². The van der Waals surface area contributed by atoms with Crippen molar-refractivity contribution >= 4 is 17.7 Å². The van der Waals surface area contributed by atoms with Gasteiger partial charge >= 0.3 is 0 Å². The summed E-state index contributed by atoms with van der Waals surface area (Å²) in [5.74, 6) is 2.18. The lowest BCUT2D eigenvalue weighted by Crippen LogP contribution is -2.40. The monoisotopic (exact) mass is 369 g/mol. The number of methoxy groups -OCH3 is 1. The normalized spacial score (nSPS) is 19.2. The third-order valence-electron chi connectivity index (χ3n) is 4.83. The van der Waals surface area contributed by atoms with Crippen molar-refractivity contribution < 1.29 is 9.53 Å². The van der Waals surface area contributed by atoms with Gasteiger partial charge in [0.1, 0.15) is 11.6 Å². The fourth-order valence-electron chi connectivity index (χ4n) is 3.27. The van der Waals surface area contributed by atoms with Crippen LogP contribution in [0.2, 0.25) is 0 Å². The van der Waals surface area contributed by atoms with Crippen molar-refractivity contribution in [2.45, 2.75) is 37.8 Å². The fraction of sp³-hybridized carbons (Fsp3) is 0.450. The topological polar surface area (TPSA) is 79.4 Å². The summed E-state index contributed by atoms with van der Waals surface area (Å²) in [6, 6.07) is 9.63. The molecular weight excluding hydrogens is 342 g/mol. The number of rotatable bonds is 6. The predicted molar refractivity (Wildman–Crippen MR) is 106 cm³/mol. The SMILES string of the molecule is COc1cccc(C(=O)NC2CCC(Nc3nccc(N(C)C)n3)CC2)c1. The van der Waals surface area contributed by atoms with E-state index in [-0.39, 0.29) is 11.9 Å². The van der Waals surface area contributed by atoms with Gasteiger partial charge in [0.15, 0.2) is 0 Å². The minimum atomic E-state index is -0.0488. The first kappa shape index (κ1) is 18.9. The highest BCUT2D eigenvalue weighted by Crippen LogP contribution is 2.22. The number of ether oxygens (including phenoxy) is 1. The summed E-state index contributed by atoms with van der Waals surface area (Å²) in [4.78, 5) is 23.2. The average Bonchev–Trinajstić information content (AvgIpc) is 2.69. The zero-order chi connectivity index (χ0) is 19.2. The third kappa shape index (κ3) is 5.09. The standard InChI is InChI=1S/C20H27N5O2/c1-25(2)18-11-12-21-20(24-18)23-16-9-7-15(8-10-16)22-19(26)14-5-4-6-17(13-14)27-3/h4-6,11-13,15-16H,7-10H2,1-3H3,(H,22,26)(H,21,23,24). The Labute approximate surface area is 160 Å². The highest BCUT2D eigenvalue weighted by molar-refractivity contribution is 5.94. The number of hydrogen-bond acceptors (Lipinski definition) is 6. The predicted octanol–water partition coefficient (Wildman–Crippen LogP) is 2.70. The molecule has 0 radical (unpaired) electrons. The van der Waals surface area contributed by atoms with E-state index >= 15 is 0 Å². The lowest BCUT2D eigenvalue weighted by atomic mass is 9.91. The van der Waals surface area contributed by atoms with Gasteiger partial charge < -0.3 is 20.3 Å². The van der Waals surface area contributed by atoms with E-state index in [1.807, 2.05) is 37.2 Å². The molecule has 144 valence electrons. The molecule has 1 fully saturated rings. The van der Waals surface area contributed by atoms with Gasteiger partial charge in [-0.2, -0.15) is 4.98 Å². The van der Waals surface area contributed by atoms with E-state index in [0.29, 0.717) is 23.3 Å². The molecule has 0 aliphatic heterocycles. The Hall–Kier alpha value is -2.83. The molecule has 27 heavy (non-hydrogen) atoms. The second-order valence-corrected chi connectivity index (χ2v) is 7.03. The molecule has 0 spiro atoms. The van der Waals surface area contributed by atoms with Crippen LogP contribution >= 0.6 is 0 Å². The molecule has 1 aromatic heterocycles. The minimum absolute atomic E-state index is 0.0488. The molecule has 1 saturated carbocycles. The zero-order valence-electron chi connectivity index (χ0n) is 16.1. The molecule has 1 aliphatic carbocycles. The van der Waals surface area contributed by atoms with Gasteiger partial charge in [0.05, 0.1) is 7.11 Å². The van der Waals surface area contributed by atoms with E-state index < -0.39 is 0 Å². The molecule has 1 amide bonds.